The fourth-order valence-corrected chi connectivity index (χ4v) is 2.21. The number of carbonyl (C=O) groups is 2. The molecular formula is C17H16N2O4. The van der Waals surface area contributed by atoms with E-state index in [-0.39, 0.29) is 12.5 Å². The second-order valence-corrected chi connectivity index (χ2v) is 5.18. The predicted octanol–water partition coefficient (Wildman–Crippen LogP) is 1.60. The number of aryl methyl sites for hydroxylation is 1. The van der Waals surface area contributed by atoms with Crippen molar-refractivity contribution in [2.45, 2.75) is 13.0 Å². The van der Waals surface area contributed by atoms with Crippen molar-refractivity contribution in [1.82, 2.24) is 10.9 Å². The molecule has 1 aliphatic rings. The van der Waals surface area contributed by atoms with Crippen LogP contribution in [-0.2, 0) is 4.79 Å². The number of rotatable bonds is 2. The quantitative estimate of drug-likeness (QED) is 0.826. The van der Waals surface area contributed by atoms with Crippen molar-refractivity contribution in [3.8, 4) is 11.5 Å². The smallest absolute Gasteiger partial charge is 0.283 e. The topological polar surface area (TPSA) is 76.7 Å². The summed E-state index contributed by atoms with van der Waals surface area (Å²) in [7, 11) is 0. The first-order valence-corrected chi connectivity index (χ1v) is 7.19. The van der Waals surface area contributed by atoms with Gasteiger partial charge in [0.2, 0.25) is 6.10 Å². The van der Waals surface area contributed by atoms with Crippen molar-refractivity contribution in [3.05, 3.63) is 59.7 Å². The first-order chi connectivity index (χ1) is 11.1. The molecule has 3 rings (SSSR count). The molecule has 0 unspecified atom stereocenters. The molecule has 1 aliphatic heterocycles. The number of hydrazine groups is 1. The molecule has 2 aromatic carbocycles. The minimum atomic E-state index is -0.817. The first kappa shape index (κ1) is 14.9. The summed E-state index contributed by atoms with van der Waals surface area (Å²) in [5.41, 5.74) is 6.16. The molecule has 23 heavy (non-hydrogen) atoms. The van der Waals surface area contributed by atoms with Gasteiger partial charge < -0.3 is 9.47 Å². The Morgan fingerprint density at radius 3 is 2.61 bits per heavy atom. The predicted molar refractivity (Wildman–Crippen MR) is 83.1 cm³/mol. The number of hydrogen-bond acceptors (Lipinski definition) is 4. The van der Waals surface area contributed by atoms with E-state index in [1.807, 2.05) is 19.1 Å². The van der Waals surface area contributed by atoms with E-state index in [1.165, 1.54) is 0 Å². The van der Waals surface area contributed by atoms with Crippen LogP contribution in [0.4, 0.5) is 0 Å². The molecule has 118 valence electrons. The van der Waals surface area contributed by atoms with Crippen molar-refractivity contribution >= 4 is 11.8 Å². The molecule has 0 fully saturated rings. The Morgan fingerprint density at radius 2 is 1.83 bits per heavy atom. The molecule has 1 atom stereocenters. The van der Waals surface area contributed by atoms with Crippen LogP contribution in [0.25, 0.3) is 0 Å². The van der Waals surface area contributed by atoms with Gasteiger partial charge in [0.25, 0.3) is 11.8 Å². The molecule has 0 aliphatic carbocycles. The Kier molecular flexibility index (Phi) is 4.14. The van der Waals surface area contributed by atoms with Gasteiger partial charge in [-0.15, -0.1) is 0 Å². The number of benzene rings is 2. The van der Waals surface area contributed by atoms with Crippen molar-refractivity contribution in [1.29, 1.82) is 0 Å². The van der Waals surface area contributed by atoms with Crippen LogP contribution < -0.4 is 20.3 Å². The van der Waals surface area contributed by atoms with Crippen LogP contribution in [0.2, 0.25) is 0 Å². The molecular weight excluding hydrogens is 296 g/mol. The third-order valence-corrected chi connectivity index (χ3v) is 3.38. The highest BCUT2D eigenvalue weighted by atomic mass is 16.6. The maximum atomic E-state index is 12.1. The zero-order chi connectivity index (χ0) is 16.2. The number of nitrogens with one attached hydrogen (secondary N) is 2. The van der Waals surface area contributed by atoms with E-state index in [9.17, 15) is 9.59 Å². The van der Waals surface area contributed by atoms with E-state index in [4.69, 9.17) is 9.47 Å². The van der Waals surface area contributed by atoms with Gasteiger partial charge in [0.15, 0.2) is 11.5 Å². The lowest BCUT2D eigenvalue weighted by molar-refractivity contribution is -0.131. The average molecular weight is 312 g/mol. The highest BCUT2D eigenvalue weighted by Gasteiger charge is 2.27. The van der Waals surface area contributed by atoms with E-state index in [0.29, 0.717) is 17.1 Å². The molecule has 0 bridgehead atoms. The molecule has 0 aromatic heterocycles. The standard InChI is InChI=1S/C17H16N2O4/c1-11-5-4-6-12(9-11)16(20)18-19-17(21)15-10-22-13-7-2-3-8-14(13)23-15/h2-9,15H,10H2,1H3,(H,18,20)(H,19,21)/t15-/m1/s1. The SMILES string of the molecule is Cc1cccc(C(=O)NNC(=O)[C@H]2COc3ccccc3O2)c1. The van der Waals surface area contributed by atoms with Gasteiger partial charge in [-0.1, -0.05) is 29.8 Å². The fraction of sp³-hybridized carbons (Fsp3) is 0.176. The normalized spacial score (nSPS) is 15.6. The number of carbonyl (C=O) groups excluding carboxylic acids is 2. The summed E-state index contributed by atoms with van der Waals surface area (Å²) in [6.45, 7) is 1.98. The molecule has 0 saturated heterocycles. The Morgan fingerprint density at radius 1 is 1.04 bits per heavy atom. The summed E-state index contributed by atoms with van der Waals surface area (Å²) < 4.78 is 11.0. The highest BCUT2D eigenvalue weighted by molar-refractivity contribution is 5.96. The van der Waals surface area contributed by atoms with E-state index in [2.05, 4.69) is 10.9 Å². The Labute approximate surface area is 133 Å². The Bertz CT molecular complexity index is 745. The lowest BCUT2D eigenvalue weighted by Gasteiger charge is -2.25. The zero-order valence-corrected chi connectivity index (χ0v) is 12.5. The van der Waals surface area contributed by atoms with Crippen LogP contribution in [0, 0.1) is 6.92 Å². The Hall–Kier alpha value is -3.02. The number of para-hydroxylation sites is 2. The largest absolute Gasteiger partial charge is 0.485 e. The molecule has 0 radical (unpaired) electrons. The van der Waals surface area contributed by atoms with Crippen molar-refractivity contribution in [3.63, 3.8) is 0 Å². The third kappa shape index (κ3) is 3.42. The number of fused-ring (bicyclic) bond motifs is 1. The van der Waals surface area contributed by atoms with Crippen LogP contribution in [0.1, 0.15) is 15.9 Å². The molecule has 1 heterocycles. The summed E-state index contributed by atoms with van der Waals surface area (Å²) in [4.78, 5) is 24.1. The minimum absolute atomic E-state index is 0.0865. The first-order valence-electron chi connectivity index (χ1n) is 7.19. The summed E-state index contributed by atoms with van der Waals surface area (Å²) in [5.74, 6) is 0.240. The van der Waals surface area contributed by atoms with Crippen LogP contribution in [0.3, 0.4) is 0 Å². The van der Waals surface area contributed by atoms with Crippen LogP contribution in [-0.4, -0.2) is 24.5 Å². The van der Waals surface area contributed by atoms with Crippen LogP contribution in [0.5, 0.6) is 11.5 Å². The monoisotopic (exact) mass is 312 g/mol. The summed E-state index contributed by atoms with van der Waals surface area (Å²) in [6, 6.07) is 14.2. The third-order valence-electron chi connectivity index (χ3n) is 3.38. The lowest BCUT2D eigenvalue weighted by Crippen LogP contribution is -2.50. The summed E-state index contributed by atoms with van der Waals surface area (Å²) >= 11 is 0. The zero-order valence-electron chi connectivity index (χ0n) is 12.5. The minimum Gasteiger partial charge on any atom is -0.485 e. The molecule has 6 nitrogen and oxygen atoms in total. The number of amides is 2. The molecule has 2 aromatic rings. The lowest BCUT2D eigenvalue weighted by atomic mass is 10.1. The fourth-order valence-electron chi connectivity index (χ4n) is 2.21. The summed E-state index contributed by atoms with van der Waals surface area (Å²) in [5, 5.41) is 0. The van der Waals surface area contributed by atoms with Gasteiger partial charge in [0, 0.05) is 5.56 Å². The van der Waals surface area contributed by atoms with Gasteiger partial charge >= 0.3 is 0 Å². The highest BCUT2D eigenvalue weighted by Crippen LogP contribution is 2.30. The van der Waals surface area contributed by atoms with Gasteiger partial charge in [-0.25, -0.2) is 0 Å². The van der Waals surface area contributed by atoms with Crippen LogP contribution in [0.15, 0.2) is 48.5 Å². The van der Waals surface area contributed by atoms with E-state index < -0.39 is 12.0 Å². The van der Waals surface area contributed by atoms with Gasteiger partial charge in [0.05, 0.1) is 0 Å². The molecule has 6 heteroatoms. The number of hydrogen-bond donors (Lipinski definition) is 2. The second kappa shape index (κ2) is 6.39. The molecule has 2 N–H and O–H groups in total. The summed E-state index contributed by atoms with van der Waals surface area (Å²) in [6.07, 6.45) is -0.817. The average Bonchev–Trinajstić information content (AvgIpc) is 2.59. The van der Waals surface area contributed by atoms with Crippen molar-refractivity contribution in [2.24, 2.45) is 0 Å². The van der Waals surface area contributed by atoms with E-state index in [0.717, 1.165) is 5.56 Å². The maximum Gasteiger partial charge on any atom is 0.283 e. The van der Waals surface area contributed by atoms with Gasteiger partial charge in [-0.2, -0.15) is 0 Å². The van der Waals surface area contributed by atoms with Gasteiger partial charge in [-0.05, 0) is 31.2 Å². The Balaban J connectivity index is 1.57. The second-order valence-electron chi connectivity index (χ2n) is 5.18. The van der Waals surface area contributed by atoms with Crippen molar-refractivity contribution < 1.29 is 19.1 Å². The van der Waals surface area contributed by atoms with Gasteiger partial charge in [-0.3, -0.25) is 20.4 Å². The maximum absolute atomic E-state index is 12.1. The molecule has 0 spiro atoms. The van der Waals surface area contributed by atoms with Crippen molar-refractivity contribution in [2.75, 3.05) is 6.61 Å². The van der Waals surface area contributed by atoms with Gasteiger partial charge in [0.1, 0.15) is 6.61 Å². The number of ether oxygens (including phenoxy) is 2. The van der Waals surface area contributed by atoms with E-state index >= 15 is 0 Å². The molecule has 2 amide bonds. The molecule has 0 saturated carbocycles. The van der Waals surface area contributed by atoms with E-state index in [1.54, 1.807) is 36.4 Å². The van der Waals surface area contributed by atoms with Crippen LogP contribution >= 0.6 is 0 Å².